The van der Waals surface area contributed by atoms with E-state index in [2.05, 4.69) is 15.9 Å². The number of hydrogen-bond acceptors (Lipinski definition) is 2. The molecule has 0 amide bonds. The number of alkyl halides is 3. The second kappa shape index (κ2) is 5.61. The SMILES string of the molecule is CC(CC(F)(F)F)CS(=O)(=O)c1cccc(Br)c1. The van der Waals surface area contributed by atoms with Crippen LogP contribution in [0, 0.1) is 5.92 Å². The van der Waals surface area contributed by atoms with Crippen LogP contribution in [-0.2, 0) is 9.84 Å². The van der Waals surface area contributed by atoms with Crippen LogP contribution in [0.15, 0.2) is 33.6 Å². The molecule has 1 atom stereocenters. The summed E-state index contributed by atoms with van der Waals surface area (Å²) in [6.07, 6.45) is -5.44. The lowest BCUT2D eigenvalue weighted by Gasteiger charge is -2.14. The first kappa shape index (κ1) is 15.5. The van der Waals surface area contributed by atoms with Crippen LogP contribution in [0.2, 0.25) is 0 Å². The van der Waals surface area contributed by atoms with Crippen molar-refractivity contribution >= 4 is 25.8 Å². The van der Waals surface area contributed by atoms with Crippen LogP contribution in [-0.4, -0.2) is 20.3 Å². The molecule has 18 heavy (non-hydrogen) atoms. The van der Waals surface area contributed by atoms with E-state index in [1.54, 1.807) is 6.07 Å². The molecule has 0 aromatic heterocycles. The van der Waals surface area contributed by atoms with Gasteiger partial charge in [-0.05, 0) is 24.1 Å². The van der Waals surface area contributed by atoms with Crippen molar-refractivity contribution in [2.24, 2.45) is 5.92 Å². The summed E-state index contributed by atoms with van der Waals surface area (Å²) in [6, 6.07) is 5.94. The highest BCUT2D eigenvalue weighted by Gasteiger charge is 2.32. The molecule has 0 aliphatic rings. The fourth-order valence-electron chi connectivity index (χ4n) is 1.59. The minimum absolute atomic E-state index is 0.0332. The molecule has 2 nitrogen and oxygen atoms in total. The van der Waals surface area contributed by atoms with E-state index in [0.717, 1.165) is 0 Å². The van der Waals surface area contributed by atoms with E-state index in [1.165, 1.54) is 25.1 Å². The minimum Gasteiger partial charge on any atom is -0.224 e. The lowest BCUT2D eigenvalue weighted by molar-refractivity contribution is -0.141. The molecule has 0 spiro atoms. The molecule has 0 radical (unpaired) electrons. The van der Waals surface area contributed by atoms with Crippen LogP contribution in [0.4, 0.5) is 13.2 Å². The lowest BCUT2D eigenvalue weighted by atomic mass is 10.1. The van der Waals surface area contributed by atoms with Gasteiger partial charge >= 0.3 is 6.18 Å². The van der Waals surface area contributed by atoms with Gasteiger partial charge in [-0.3, -0.25) is 0 Å². The van der Waals surface area contributed by atoms with E-state index in [4.69, 9.17) is 0 Å². The quantitative estimate of drug-likeness (QED) is 0.832. The summed E-state index contributed by atoms with van der Waals surface area (Å²) >= 11 is 3.13. The van der Waals surface area contributed by atoms with E-state index in [1.807, 2.05) is 0 Å². The van der Waals surface area contributed by atoms with Gasteiger partial charge in [0.25, 0.3) is 0 Å². The van der Waals surface area contributed by atoms with Gasteiger partial charge in [0.05, 0.1) is 10.6 Å². The van der Waals surface area contributed by atoms with Crippen molar-refractivity contribution in [3.8, 4) is 0 Å². The standard InChI is InChI=1S/C11H12BrF3O2S/c1-8(6-11(13,14)15)7-18(16,17)10-4-2-3-9(12)5-10/h2-5,8H,6-7H2,1H3. The predicted octanol–water partition coefficient (Wildman–Crippen LogP) is 3.81. The smallest absolute Gasteiger partial charge is 0.224 e. The predicted molar refractivity (Wildman–Crippen MR) is 66.0 cm³/mol. The number of rotatable bonds is 4. The molecule has 1 rings (SSSR count). The van der Waals surface area contributed by atoms with Crippen LogP contribution in [0.1, 0.15) is 13.3 Å². The van der Waals surface area contributed by atoms with Gasteiger partial charge in [-0.15, -0.1) is 0 Å². The third-order valence-electron chi connectivity index (χ3n) is 2.24. The maximum Gasteiger partial charge on any atom is 0.389 e. The third-order valence-corrected chi connectivity index (χ3v) is 4.71. The zero-order valence-electron chi connectivity index (χ0n) is 9.54. The van der Waals surface area contributed by atoms with Crippen LogP contribution in [0.5, 0.6) is 0 Å². The molecule has 1 aromatic rings. The molecule has 0 fully saturated rings. The van der Waals surface area contributed by atoms with E-state index in [0.29, 0.717) is 4.47 Å². The molecule has 0 aliphatic heterocycles. The van der Waals surface area contributed by atoms with Crippen molar-refractivity contribution in [2.45, 2.75) is 24.4 Å². The fraction of sp³-hybridized carbons (Fsp3) is 0.455. The number of sulfone groups is 1. The average Bonchev–Trinajstić information content (AvgIpc) is 2.13. The summed E-state index contributed by atoms with van der Waals surface area (Å²) in [5.41, 5.74) is 0. The Morgan fingerprint density at radius 3 is 2.44 bits per heavy atom. The Kier molecular flexibility index (Phi) is 4.83. The van der Waals surface area contributed by atoms with Gasteiger partial charge < -0.3 is 0 Å². The highest BCUT2D eigenvalue weighted by molar-refractivity contribution is 9.10. The van der Waals surface area contributed by atoms with Gasteiger partial charge in [0.15, 0.2) is 9.84 Å². The van der Waals surface area contributed by atoms with Gasteiger partial charge in [0, 0.05) is 10.9 Å². The van der Waals surface area contributed by atoms with E-state index in [-0.39, 0.29) is 4.90 Å². The highest BCUT2D eigenvalue weighted by Crippen LogP contribution is 2.27. The minimum atomic E-state index is -4.34. The van der Waals surface area contributed by atoms with Crippen LogP contribution < -0.4 is 0 Å². The summed E-state index contributed by atoms with van der Waals surface area (Å²) in [5.74, 6) is -1.47. The van der Waals surface area contributed by atoms with Crippen molar-refractivity contribution in [2.75, 3.05) is 5.75 Å². The van der Waals surface area contributed by atoms with Crippen molar-refractivity contribution < 1.29 is 21.6 Å². The van der Waals surface area contributed by atoms with Crippen molar-refractivity contribution in [3.63, 3.8) is 0 Å². The van der Waals surface area contributed by atoms with E-state index < -0.39 is 34.1 Å². The Hall–Kier alpha value is -0.560. The Labute approximate surface area is 112 Å². The molecule has 0 bridgehead atoms. The van der Waals surface area contributed by atoms with Gasteiger partial charge in [-0.1, -0.05) is 28.9 Å². The van der Waals surface area contributed by atoms with Gasteiger partial charge in [-0.25, -0.2) is 8.42 Å². The first-order valence-corrected chi connectivity index (χ1v) is 7.60. The van der Waals surface area contributed by atoms with Crippen LogP contribution in [0.3, 0.4) is 0 Å². The first-order chi connectivity index (χ1) is 8.10. The maximum atomic E-state index is 12.1. The monoisotopic (exact) mass is 344 g/mol. The second-order valence-corrected chi connectivity index (χ2v) is 7.11. The van der Waals surface area contributed by atoms with Crippen molar-refractivity contribution in [1.82, 2.24) is 0 Å². The molecule has 0 N–H and O–H groups in total. The fourth-order valence-corrected chi connectivity index (χ4v) is 3.79. The van der Waals surface area contributed by atoms with Gasteiger partial charge in [0.1, 0.15) is 0 Å². The molecule has 7 heteroatoms. The molecule has 0 aliphatic carbocycles. The largest absolute Gasteiger partial charge is 0.389 e. The Bertz CT molecular complexity index is 511. The Morgan fingerprint density at radius 2 is 1.94 bits per heavy atom. The topological polar surface area (TPSA) is 34.1 Å². The summed E-state index contributed by atoms with van der Waals surface area (Å²) < 4.78 is 60.8. The molecule has 102 valence electrons. The molecule has 1 unspecified atom stereocenters. The van der Waals surface area contributed by atoms with Crippen LogP contribution >= 0.6 is 15.9 Å². The Balaban J connectivity index is 2.83. The summed E-state index contributed by atoms with van der Waals surface area (Å²) in [5, 5.41) is 0. The highest BCUT2D eigenvalue weighted by atomic mass is 79.9. The number of hydrogen-bond donors (Lipinski definition) is 0. The Morgan fingerprint density at radius 1 is 1.33 bits per heavy atom. The van der Waals surface area contributed by atoms with E-state index >= 15 is 0 Å². The molecule has 0 saturated heterocycles. The molecular formula is C11H12BrF3O2S. The molecule has 1 aromatic carbocycles. The molecular weight excluding hydrogens is 333 g/mol. The lowest BCUT2D eigenvalue weighted by Crippen LogP contribution is -2.20. The summed E-state index contributed by atoms with van der Waals surface area (Å²) in [6.45, 7) is 1.28. The normalized spacial score (nSPS) is 14.5. The average molecular weight is 345 g/mol. The molecule has 0 saturated carbocycles. The van der Waals surface area contributed by atoms with Crippen LogP contribution in [0.25, 0.3) is 0 Å². The summed E-state index contributed by atoms with van der Waals surface area (Å²) in [4.78, 5) is 0.0332. The summed E-state index contributed by atoms with van der Waals surface area (Å²) in [7, 11) is -3.68. The molecule has 0 heterocycles. The van der Waals surface area contributed by atoms with Crippen molar-refractivity contribution in [1.29, 1.82) is 0 Å². The number of halogens is 4. The van der Waals surface area contributed by atoms with E-state index in [9.17, 15) is 21.6 Å². The third kappa shape index (κ3) is 4.97. The maximum absolute atomic E-state index is 12.1. The van der Waals surface area contributed by atoms with Gasteiger partial charge in [-0.2, -0.15) is 13.2 Å². The second-order valence-electron chi connectivity index (χ2n) is 4.16. The van der Waals surface area contributed by atoms with Gasteiger partial charge in [0.2, 0.25) is 0 Å². The zero-order chi connectivity index (χ0) is 14.0. The van der Waals surface area contributed by atoms with Crippen molar-refractivity contribution in [3.05, 3.63) is 28.7 Å². The zero-order valence-corrected chi connectivity index (χ0v) is 11.9. The first-order valence-electron chi connectivity index (χ1n) is 5.15. The number of benzene rings is 1.